The maximum atomic E-state index is 13.4. The fourth-order valence-corrected chi connectivity index (χ4v) is 4.88. The van der Waals surface area contributed by atoms with Crippen LogP contribution in [0.4, 0.5) is 5.69 Å². The van der Waals surface area contributed by atoms with Gasteiger partial charge >= 0.3 is 0 Å². The molecule has 0 fully saturated rings. The molecule has 0 heterocycles. The van der Waals surface area contributed by atoms with Crippen LogP contribution in [0.25, 0.3) is 0 Å². The largest absolute Gasteiger partial charge is 0.495 e. The quantitative estimate of drug-likeness (QED) is 0.453. The SMILES string of the molecule is COc1ccc(S(=O)(=O)N(CC(=O)Nc2cccc(C(C)=O)c2)Cc2ccccc2)cc1Cl. The molecule has 0 aliphatic rings. The number of Topliss-reactive ketones (excluding diaryl/α,β-unsaturated/α-hetero) is 1. The number of hydrogen-bond donors (Lipinski definition) is 1. The zero-order chi connectivity index (χ0) is 24.0. The van der Waals surface area contributed by atoms with E-state index in [0.717, 1.165) is 4.31 Å². The minimum Gasteiger partial charge on any atom is -0.495 e. The number of ether oxygens (including phenoxy) is 1. The lowest BCUT2D eigenvalue weighted by atomic mass is 10.1. The molecule has 33 heavy (non-hydrogen) atoms. The zero-order valence-electron chi connectivity index (χ0n) is 18.1. The van der Waals surface area contributed by atoms with Crippen molar-refractivity contribution in [3.8, 4) is 5.75 Å². The van der Waals surface area contributed by atoms with Crippen molar-refractivity contribution in [3.63, 3.8) is 0 Å². The van der Waals surface area contributed by atoms with Crippen molar-refractivity contribution in [2.75, 3.05) is 19.0 Å². The highest BCUT2D eigenvalue weighted by Gasteiger charge is 2.28. The Balaban J connectivity index is 1.89. The molecule has 0 aliphatic heterocycles. The number of carbonyl (C=O) groups excluding carboxylic acids is 2. The van der Waals surface area contributed by atoms with Gasteiger partial charge in [0.1, 0.15) is 5.75 Å². The van der Waals surface area contributed by atoms with E-state index in [9.17, 15) is 18.0 Å². The third kappa shape index (κ3) is 6.19. The number of ketones is 1. The summed E-state index contributed by atoms with van der Waals surface area (Å²) < 4.78 is 33.0. The molecule has 0 aromatic heterocycles. The third-order valence-corrected chi connectivity index (χ3v) is 6.92. The lowest BCUT2D eigenvalue weighted by Crippen LogP contribution is -2.37. The number of methoxy groups -OCH3 is 1. The summed E-state index contributed by atoms with van der Waals surface area (Å²) in [6.45, 7) is 0.966. The van der Waals surface area contributed by atoms with Crippen LogP contribution in [0.1, 0.15) is 22.8 Å². The second-order valence-corrected chi connectivity index (χ2v) is 9.59. The van der Waals surface area contributed by atoms with Gasteiger partial charge in [-0.15, -0.1) is 0 Å². The fourth-order valence-electron chi connectivity index (χ4n) is 3.15. The maximum absolute atomic E-state index is 13.4. The standard InChI is InChI=1S/C24H23ClN2O5S/c1-17(28)19-9-6-10-20(13-19)26-24(29)16-27(15-18-7-4-3-5-8-18)33(30,31)21-11-12-23(32-2)22(25)14-21/h3-14H,15-16H2,1-2H3,(H,26,29). The van der Waals surface area contributed by atoms with Gasteiger partial charge in [-0.2, -0.15) is 4.31 Å². The summed E-state index contributed by atoms with van der Waals surface area (Å²) in [5.41, 5.74) is 1.55. The summed E-state index contributed by atoms with van der Waals surface area (Å²) in [6, 6.07) is 19.5. The molecular weight excluding hydrogens is 464 g/mol. The van der Waals surface area contributed by atoms with Crippen LogP contribution < -0.4 is 10.1 Å². The average molecular weight is 487 g/mol. The van der Waals surface area contributed by atoms with Crippen molar-refractivity contribution >= 4 is 39.0 Å². The minimum atomic E-state index is -4.08. The van der Waals surface area contributed by atoms with Crippen molar-refractivity contribution in [2.24, 2.45) is 0 Å². The first-order valence-corrected chi connectivity index (χ1v) is 11.8. The molecule has 0 bridgehead atoms. The zero-order valence-corrected chi connectivity index (χ0v) is 19.7. The van der Waals surface area contributed by atoms with Crippen molar-refractivity contribution in [2.45, 2.75) is 18.4 Å². The first-order chi connectivity index (χ1) is 15.7. The van der Waals surface area contributed by atoms with Gasteiger partial charge in [0.25, 0.3) is 0 Å². The number of anilines is 1. The van der Waals surface area contributed by atoms with E-state index in [1.807, 2.05) is 6.07 Å². The molecule has 3 aromatic rings. The van der Waals surface area contributed by atoms with Crippen LogP contribution >= 0.6 is 11.6 Å². The number of rotatable bonds is 9. The molecule has 1 N–H and O–H groups in total. The molecular formula is C24H23ClN2O5S. The van der Waals surface area contributed by atoms with Gasteiger partial charge in [-0.25, -0.2) is 8.42 Å². The minimum absolute atomic E-state index is 0.0201. The van der Waals surface area contributed by atoms with Gasteiger partial charge in [0.15, 0.2) is 5.78 Å². The van der Waals surface area contributed by atoms with Crippen molar-refractivity contribution in [1.29, 1.82) is 0 Å². The van der Waals surface area contributed by atoms with Gasteiger partial charge in [0.2, 0.25) is 15.9 Å². The van der Waals surface area contributed by atoms with Crippen molar-refractivity contribution in [3.05, 3.63) is 88.9 Å². The van der Waals surface area contributed by atoms with Crippen molar-refractivity contribution < 1.29 is 22.7 Å². The van der Waals surface area contributed by atoms with Gasteiger partial charge in [0.05, 0.1) is 23.6 Å². The lowest BCUT2D eigenvalue weighted by Gasteiger charge is -2.22. The van der Waals surface area contributed by atoms with Crippen LogP contribution in [0.3, 0.4) is 0 Å². The molecule has 0 saturated heterocycles. The van der Waals surface area contributed by atoms with Gasteiger partial charge < -0.3 is 10.1 Å². The predicted octanol–water partition coefficient (Wildman–Crippen LogP) is 4.38. The monoisotopic (exact) mass is 486 g/mol. The molecule has 172 valence electrons. The van der Waals surface area contributed by atoms with Crippen LogP contribution in [0.5, 0.6) is 5.75 Å². The molecule has 7 nitrogen and oxygen atoms in total. The molecule has 3 aromatic carbocycles. The molecule has 0 unspecified atom stereocenters. The number of nitrogens with one attached hydrogen (secondary N) is 1. The third-order valence-electron chi connectivity index (χ3n) is 4.84. The first kappa shape index (κ1) is 24.4. The van der Waals surface area contributed by atoms with Crippen LogP contribution in [0.15, 0.2) is 77.7 Å². The summed E-state index contributed by atoms with van der Waals surface area (Å²) in [7, 11) is -2.64. The lowest BCUT2D eigenvalue weighted by molar-refractivity contribution is -0.116. The number of carbonyl (C=O) groups is 2. The van der Waals surface area contributed by atoms with E-state index < -0.39 is 22.5 Å². The molecule has 1 amide bonds. The Labute approximate surface area is 198 Å². The summed E-state index contributed by atoms with van der Waals surface area (Å²) in [5.74, 6) is -0.348. The van der Waals surface area contributed by atoms with Crippen LogP contribution in [0, 0.1) is 0 Å². The Kier molecular flexibility index (Phi) is 7.86. The van der Waals surface area contributed by atoms with Crippen LogP contribution in [-0.2, 0) is 21.4 Å². The number of hydrogen-bond acceptors (Lipinski definition) is 5. The maximum Gasteiger partial charge on any atom is 0.243 e. The van der Waals surface area contributed by atoms with Gasteiger partial charge in [-0.05, 0) is 42.8 Å². The molecule has 0 spiro atoms. The smallest absolute Gasteiger partial charge is 0.243 e. The highest BCUT2D eigenvalue weighted by atomic mass is 35.5. The highest BCUT2D eigenvalue weighted by Crippen LogP contribution is 2.29. The van der Waals surface area contributed by atoms with Crippen molar-refractivity contribution in [1.82, 2.24) is 4.31 Å². The number of benzene rings is 3. The van der Waals surface area contributed by atoms with Gasteiger partial charge in [-0.1, -0.05) is 54.1 Å². The normalized spacial score (nSPS) is 11.3. The number of amides is 1. The Hall–Kier alpha value is -3.20. The van der Waals surface area contributed by atoms with E-state index in [-0.39, 0.29) is 22.2 Å². The molecule has 0 atom stereocenters. The predicted molar refractivity (Wildman–Crippen MR) is 127 cm³/mol. The van der Waals surface area contributed by atoms with E-state index in [0.29, 0.717) is 22.6 Å². The molecule has 0 saturated carbocycles. The van der Waals surface area contributed by atoms with Gasteiger partial charge in [-0.3, -0.25) is 9.59 Å². The van der Waals surface area contributed by atoms with E-state index in [4.69, 9.17) is 16.3 Å². The van der Waals surface area contributed by atoms with E-state index in [2.05, 4.69) is 5.32 Å². The Morgan fingerprint density at radius 2 is 1.73 bits per heavy atom. The summed E-state index contributed by atoms with van der Waals surface area (Å²) >= 11 is 6.14. The highest BCUT2D eigenvalue weighted by molar-refractivity contribution is 7.89. The van der Waals surface area contributed by atoms with Crippen LogP contribution in [-0.4, -0.2) is 38.1 Å². The molecule has 3 rings (SSSR count). The van der Waals surface area contributed by atoms with E-state index >= 15 is 0 Å². The van der Waals surface area contributed by atoms with Crippen LogP contribution in [0.2, 0.25) is 5.02 Å². The Morgan fingerprint density at radius 1 is 1.00 bits per heavy atom. The molecule has 9 heteroatoms. The van der Waals surface area contributed by atoms with Gasteiger partial charge in [0, 0.05) is 17.8 Å². The second-order valence-electron chi connectivity index (χ2n) is 7.24. The van der Waals surface area contributed by atoms with E-state index in [1.165, 1.54) is 32.2 Å². The second kappa shape index (κ2) is 10.6. The average Bonchev–Trinajstić information content (AvgIpc) is 2.79. The van der Waals surface area contributed by atoms with E-state index in [1.54, 1.807) is 48.5 Å². The topological polar surface area (TPSA) is 92.8 Å². The summed E-state index contributed by atoms with van der Waals surface area (Å²) in [5, 5.41) is 2.81. The Morgan fingerprint density at radius 3 is 2.36 bits per heavy atom. The number of sulfonamides is 1. The first-order valence-electron chi connectivity index (χ1n) is 9.99. The Bertz CT molecular complexity index is 1260. The number of halogens is 1. The number of nitrogens with zero attached hydrogens (tertiary/aromatic N) is 1. The summed E-state index contributed by atoms with van der Waals surface area (Å²) in [4.78, 5) is 24.3. The molecule has 0 aliphatic carbocycles. The molecule has 0 radical (unpaired) electrons. The fraction of sp³-hybridized carbons (Fsp3) is 0.167. The summed E-state index contributed by atoms with van der Waals surface area (Å²) in [6.07, 6.45) is 0.